The van der Waals surface area contributed by atoms with Crippen LogP contribution in [0.4, 0.5) is 0 Å². The van der Waals surface area contributed by atoms with Crippen molar-refractivity contribution in [1.82, 2.24) is 5.32 Å². The summed E-state index contributed by atoms with van der Waals surface area (Å²) < 4.78 is 0. The first kappa shape index (κ1) is 5.60. The number of nitrogens with one attached hydrogen (secondary N) is 1. The third kappa shape index (κ3) is 1.52. The van der Waals surface area contributed by atoms with E-state index < -0.39 is 0 Å². The van der Waals surface area contributed by atoms with E-state index in [2.05, 4.69) is 5.32 Å². The van der Waals surface area contributed by atoms with Crippen LogP contribution in [0.1, 0.15) is 25.7 Å². The molecule has 2 heteroatoms. The Bertz CT molecular complexity index is 80.5. The maximum absolute atomic E-state index is 10.5. The number of carbonyl (C=O) groups excluding carboxylic acids is 1. The fraction of sp³-hybridized carbons (Fsp3) is 0.667. The Hall–Kier alpha value is -0.530. The largest absolute Gasteiger partial charge is 0.351 e. The van der Waals surface area contributed by atoms with Gasteiger partial charge in [-0.05, 0) is 12.8 Å². The highest BCUT2D eigenvalue weighted by atomic mass is 16.1. The molecule has 1 aliphatic heterocycles. The van der Waals surface area contributed by atoms with Crippen LogP contribution in [0.2, 0.25) is 0 Å². The molecule has 1 heterocycles. The molecule has 0 aromatic rings. The molecule has 0 aromatic carbocycles. The lowest BCUT2D eigenvalue weighted by atomic mass is 10.2. The second kappa shape index (κ2) is 2.70. The van der Waals surface area contributed by atoms with E-state index >= 15 is 0 Å². The molecule has 8 heavy (non-hydrogen) atoms. The van der Waals surface area contributed by atoms with Gasteiger partial charge in [-0.2, -0.15) is 0 Å². The highest BCUT2D eigenvalue weighted by Crippen LogP contribution is 2.04. The first-order valence-corrected chi connectivity index (χ1v) is 3.00. The molecule has 0 spiro atoms. The minimum Gasteiger partial charge on any atom is -0.351 e. The molecular formula is C6H10NO. The molecule has 45 valence electrons. The minimum absolute atomic E-state index is 0.169. The number of hydrogen-bond acceptors (Lipinski definition) is 1. The Kier molecular flexibility index (Phi) is 1.89. The standard InChI is InChI=1S/C6H10NO/c8-6-4-2-1-3-5-7-6/h5H,1-4H2,(H,7,8). The van der Waals surface area contributed by atoms with Gasteiger partial charge in [-0.15, -0.1) is 0 Å². The van der Waals surface area contributed by atoms with Crippen LogP contribution < -0.4 is 5.32 Å². The maximum atomic E-state index is 10.5. The molecule has 0 bridgehead atoms. The fourth-order valence-electron chi connectivity index (χ4n) is 0.790. The maximum Gasteiger partial charge on any atom is 0.220 e. The van der Waals surface area contributed by atoms with E-state index in [-0.39, 0.29) is 5.91 Å². The molecule has 0 aromatic heterocycles. The van der Waals surface area contributed by atoms with E-state index in [1.165, 1.54) is 0 Å². The third-order valence-corrected chi connectivity index (χ3v) is 1.27. The Labute approximate surface area is 49.3 Å². The van der Waals surface area contributed by atoms with Gasteiger partial charge < -0.3 is 5.32 Å². The lowest BCUT2D eigenvalue weighted by Crippen LogP contribution is -2.16. The van der Waals surface area contributed by atoms with E-state index in [0.717, 1.165) is 19.3 Å². The first-order valence-electron chi connectivity index (χ1n) is 3.00. The molecule has 0 aliphatic carbocycles. The molecule has 1 radical (unpaired) electrons. The zero-order chi connectivity index (χ0) is 5.82. The molecule has 1 amide bonds. The second-order valence-corrected chi connectivity index (χ2v) is 2.02. The average Bonchev–Trinajstić information content (AvgIpc) is 1.94. The van der Waals surface area contributed by atoms with Crippen LogP contribution in [0.5, 0.6) is 0 Å². The summed E-state index contributed by atoms with van der Waals surface area (Å²) >= 11 is 0. The summed E-state index contributed by atoms with van der Waals surface area (Å²) in [5.74, 6) is 0.169. The summed E-state index contributed by atoms with van der Waals surface area (Å²) in [4.78, 5) is 10.5. The minimum atomic E-state index is 0.169. The molecule has 0 atom stereocenters. The summed E-state index contributed by atoms with van der Waals surface area (Å²) in [6, 6.07) is 0. The summed E-state index contributed by atoms with van der Waals surface area (Å²) in [7, 11) is 0. The van der Waals surface area contributed by atoms with Crippen molar-refractivity contribution >= 4 is 5.91 Å². The Morgan fingerprint density at radius 1 is 1.50 bits per heavy atom. The monoisotopic (exact) mass is 112 g/mol. The lowest BCUT2D eigenvalue weighted by Gasteiger charge is -1.92. The molecule has 1 aliphatic rings. The van der Waals surface area contributed by atoms with Crippen molar-refractivity contribution < 1.29 is 4.79 Å². The van der Waals surface area contributed by atoms with E-state index in [4.69, 9.17) is 0 Å². The number of rotatable bonds is 0. The van der Waals surface area contributed by atoms with Crippen LogP contribution in [-0.2, 0) is 4.79 Å². The van der Waals surface area contributed by atoms with Gasteiger partial charge in [0.25, 0.3) is 0 Å². The zero-order valence-corrected chi connectivity index (χ0v) is 4.81. The van der Waals surface area contributed by atoms with Gasteiger partial charge >= 0.3 is 0 Å². The molecule has 1 fully saturated rings. The predicted octanol–water partition coefficient (Wildman–Crippen LogP) is 0.838. The van der Waals surface area contributed by atoms with Crippen molar-refractivity contribution in [3.63, 3.8) is 0 Å². The quantitative estimate of drug-likeness (QED) is 0.494. The van der Waals surface area contributed by atoms with E-state index in [1.807, 2.05) is 6.54 Å². The first-order chi connectivity index (χ1) is 3.89. The average molecular weight is 112 g/mol. The number of carbonyl (C=O) groups is 1. The van der Waals surface area contributed by atoms with Gasteiger partial charge in [-0.25, -0.2) is 0 Å². The zero-order valence-electron chi connectivity index (χ0n) is 4.81. The summed E-state index contributed by atoms with van der Waals surface area (Å²) in [6.45, 7) is 1.84. The van der Waals surface area contributed by atoms with Gasteiger partial charge in [0.05, 0.1) is 0 Å². The van der Waals surface area contributed by atoms with Gasteiger partial charge in [0, 0.05) is 13.0 Å². The molecule has 1 rings (SSSR count). The highest BCUT2D eigenvalue weighted by Gasteiger charge is 2.03. The van der Waals surface area contributed by atoms with Crippen molar-refractivity contribution in [3.05, 3.63) is 6.54 Å². The third-order valence-electron chi connectivity index (χ3n) is 1.27. The molecule has 0 unspecified atom stereocenters. The van der Waals surface area contributed by atoms with Crippen LogP contribution in [0.15, 0.2) is 0 Å². The fourth-order valence-corrected chi connectivity index (χ4v) is 0.790. The van der Waals surface area contributed by atoms with Crippen molar-refractivity contribution in [2.24, 2.45) is 0 Å². The van der Waals surface area contributed by atoms with Gasteiger partial charge in [-0.1, -0.05) is 6.42 Å². The predicted molar refractivity (Wildman–Crippen MR) is 30.9 cm³/mol. The SMILES string of the molecule is O=C1CCCC[CH]N1. The van der Waals surface area contributed by atoms with Crippen LogP contribution in [0.25, 0.3) is 0 Å². The number of hydrogen-bond donors (Lipinski definition) is 1. The summed E-state index contributed by atoms with van der Waals surface area (Å²) in [5, 5.41) is 2.68. The van der Waals surface area contributed by atoms with Crippen LogP contribution in [0, 0.1) is 6.54 Å². The van der Waals surface area contributed by atoms with Crippen molar-refractivity contribution in [1.29, 1.82) is 0 Å². The molecule has 1 N–H and O–H groups in total. The van der Waals surface area contributed by atoms with Crippen molar-refractivity contribution in [2.45, 2.75) is 25.7 Å². The van der Waals surface area contributed by atoms with E-state index in [0.29, 0.717) is 6.42 Å². The number of amides is 1. The van der Waals surface area contributed by atoms with E-state index in [1.54, 1.807) is 0 Å². The van der Waals surface area contributed by atoms with Gasteiger partial charge in [0.1, 0.15) is 0 Å². The Balaban J connectivity index is 2.27. The highest BCUT2D eigenvalue weighted by molar-refractivity contribution is 5.76. The molecule has 1 saturated heterocycles. The van der Waals surface area contributed by atoms with Crippen LogP contribution in [-0.4, -0.2) is 5.91 Å². The van der Waals surface area contributed by atoms with Gasteiger partial charge in [0.2, 0.25) is 5.91 Å². The van der Waals surface area contributed by atoms with Crippen molar-refractivity contribution in [2.75, 3.05) is 0 Å². The normalized spacial score (nSPS) is 21.8. The smallest absolute Gasteiger partial charge is 0.220 e. The van der Waals surface area contributed by atoms with Crippen LogP contribution >= 0.6 is 0 Å². The summed E-state index contributed by atoms with van der Waals surface area (Å²) in [6.07, 6.45) is 3.93. The topological polar surface area (TPSA) is 29.1 Å². The molecule has 2 nitrogen and oxygen atoms in total. The van der Waals surface area contributed by atoms with Gasteiger partial charge in [0.15, 0.2) is 0 Å². The summed E-state index contributed by atoms with van der Waals surface area (Å²) in [5.41, 5.74) is 0. The molecule has 0 saturated carbocycles. The van der Waals surface area contributed by atoms with Crippen molar-refractivity contribution in [3.8, 4) is 0 Å². The Morgan fingerprint density at radius 2 is 2.38 bits per heavy atom. The molecular weight excluding hydrogens is 102 g/mol. The van der Waals surface area contributed by atoms with E-state index in [9.17, 15) is 4.79 Å². The second-order valence-electron chi connectivity index (χ2n) is 2.02. The van der Waals surface area contributed by atoms with Crippen LogP contribution in [0.3, 0.4) is 0 Å². The lowest BCUT2D eigenvalue weighted by molar-refractivity contribution is -0.120. The van der Waals surface area contributed by atoms with Gasteiger partial charge in [-0.3, -0.25) is 4.79 Å². The Morgan fingerprint density at radius 3 is 3.25 bits per heavy atom.